The summed E-state index contributed by atoms with van der Waals surface area (Å²) in [5, 5.41) is 23.7. The number of nitrogens with zero attached hydrogens (tertiary/aromatic N) is 1. The molecular weight excluding hydrogens is 308 g/mol. The van der Waals surface area contributed by atoms with E-state index in [2.05, 4.69) is 5.32 Å². The lowest BCUT2D eigenvalue weighted by Crippen LogP contribution is -2.02. The largest absolute Gasteiger partial charge is 0.496 e. The molecule has 7 heteroatoms. The van der Waals surface area contributed by atoms with Crippen molar-refractivity contribution in [1.29, 1.82) is 0 Å². The van der Waals surface area contributed by atoms with Crippen molar-refractivity contribution >= 4 is 23.0 Å². The number of nitro benzene ring substituents is 1. The summed E-state index contributed by atoms with van der Waals surface area (Å²) in [6, 6.07) is 9.59. The number of nitro groups is 1. The summed E-state index contributed by atoms with van der Waals surface area (Å²) in [5.74, 6) is 0.599. The molecule has 6 nitrogen and oxygen atoms in total. The third-order valence-corrected chi connectivity index (χ3v) is 3.54. The lowest BCUT2D eigenvalue weighted by Gasteiger charge is -2.11. The minimum Gasteiger partial charge on any atom is -0.496 e. The molecule has 2 aromatic rings. The summed E-state index contributed by atoms with van der Waals surface area (Å²) in [7, 11) is 1.53. The third-order valence-electron chi connectivity index (χ3n) is 3.17. The van der Waals surface area contributed by atoms with Crippen molar-refractivity contribution in [2.24, 2.45) is 0 Å². The van der Waals surface area contributed by atoms with Crippen LogP contribution in [-0.4, -0.2) is 17.1 Å². The van der Waals surface area contributed by atoms with Crippen LogP contribution in [0.15, 0.2) is 36.4 Å². The number of benzene rings is 2. The maximum Gasteiger partial charge on any atom is 0.269 e. The van der Waals surface area contributed by atoms with Crippen LogP contribution in [-0.2, 0) is 13.2 Å². The number of ether oxygens (including phenoxy) is 1. The number of nitrogens with one attached hydrogen (secondary N) is 1. The van der Waals surface area contributed by atoms with Crippen LogP contribution in [0, 0.1) is 10.1 Å². The predicted octanol–water partition coefficient (Wildman–Crippen LogP) is 3.36. The van der Waals surface area contributed by atoms with Gasteiger partial charge in [0.05, 0.1) is 18.6 Å². The number of aliphatic hydroxyl groups is 1. The van der Waals surface area contributed by atoms with Crippen LogP contribution in [0.4, 0.5) is 11.4 Å². The topological polar surface area (TPSA) is 84.6 Å². The Morgan fingerprint density at radius 1 is 1.27 bits per heavy atom. The second-order valence-corrected chi connectivity index (χ2v) is 4.98. The zero-order valence-electron chi connectivity index (χ0n) is 11.9. The minimum absolute atomic E-state index is 0.00743. The van der Waals surface area contributed by atoms with Crippen molar-refractivity contribution in [2.45, 2.75) is 13.2 Å². The first-order chi connectivity index (χ1) is 10.5. The van der Waals surface area contributed by atoms with Crippen molar-refractivity contribution in [1.82, 2.24) is 0 Å². The number of methoxy groups -OCH3 is 1. The fraction of sp³-hybridized carbons (Fsp3) is 0.200. The molecule has 22 heavy (non-hydrogen) atoms. The van der Waals surface area contributed by atoms with Crippen LogP contribution in [0.3, 0.4) is 0 Å². The molecule has 0 spiro atoms. The quantitative estimate of drug-likeness (QED) is 0.629. The maximum absolute atomic E-state index is 10.8. The highest BCUT2D eigenvalue weighted by Crippen LogP contribution is 2.25. The van der Waals surface area contributed by atoms with Gasteiger partial charge in [0.15, 0.2) is 0 Å². The Kier molecular flexibility index (Phi) is 5.19. The van der Waals surface area contributed by atoms with Crippen molar-refractivity contribution in [2.75, 3.05) is 12.4 Å². The lowest BCUT2D eigenvalue weighted by molar-refractivity contribution is -0.384. The summed E-state index contributed by atoms with van der Waals surface area (Å²) < 4.78 is 5.13. The summed E-state index contributed by atoms with van der Waals surface area (Å²) in [5.41, 5.74) is 2.02. The van der Waals surface area contributed by atoms with Crippen LogP contribution >= 0.6 is 11.6 Å². The number of halogens is 1. The highest BCUT2D eigenvalue weighted by Gasteiger charge is 2.10. The van der Waals surface area contributed by atoms with Crippen molar-refractivity contribution < 1.29 is 14.8 Å². The molecule has 0 radical (unpaired) electrons. The Hall–Kier alpha value is -2.31. The smallest absolute Gasteiger partial charge is 0.269 e. The second kappa shape index (κ2) is 7.11. The van der Waals surface area contributed by atoms with Crippen molar-refractivity contribution in [3.63, 3.8) is 0 Å². The van der Waals surface area contributed by atoms with Crippen LogP contribution in [0.1, 0.15) is 11.1 Å². The molecule has 0 unspecified atom stereocenters. The van der Waals surface area contributed by atoms with Gasteiger partial charge in [-0.1, -0.05) is 11.6 Å². The number of aliphatic hydroxyl groups excluding tert-OH is 1. The van der Waals surface area contributed by atoms with Gasteiger partial charge in [0.25, 0.3) is 5.69 Å². The van der Waals surface area contributed by atoms with E-state index in [1.165, 1.54) is 25.3 Å². The summed E-state index contributed by atoms with van der Waals surface area (Å²) >= 11 is 6.05. The molecule has 2 aromatic carbocycles. The first-order valence-electron chi connectivity index (χ1n) is 6.49. The van der Waals surface area contributed by atoms with Gasteiger partial charge in [-0.2, -0.15) is 0 Å². The molecule has 0 aliphatic carbocycles. The van der Waals surface area contributed by atoms with E-state index in [0.29, 0.717) is 28.4 Å². The molecule has 0 bridgehead atoms. The highest BCUT2D eigenvalue weighted by molar-refractivity contribution is 6.31. The van der Waals surface area contributed by atoms with Crippen LogP contribution < -0.4 is 10.1 Å². The first-order valence-corrected chi connectivity index (χ1v) is 6.87. The standard InChI is InChI=1S/C15H15ClN2O4/c1-22-15-5-2-12(6-11(15)9-19)17-8-10-7-13(18(20)21)3-4-14(10)16/h2-7,17,19H,8-9H2,1H3. The molecule has 0 aliphatic heterocycles. The number of non-ortho nitro benzene ring substituents is 1. The van der Waals surface area contributed by atoms with E-state index >= 15 is 0 Å². The highest BCUT2D eigenvalue weighted by atomic mass is 35.5. The molecule has 116 valence electrons. The average molecular weight is 323 g/mol. The molecular formula is C15H15ClN2O4. The normalized spacial score (nSPS) is 10.3. The van der Waals surface area contributed by atoms with Gasteiger partial charge < -0.3 is 15.2 Å². The predicted molar refractivity (Wildman–Crippen MR) is 84.3 cm³/mol. The van der Waals surface area contributed by atoms with E-state index in [1.807, 2.05) is 0 Å². The first kappa shape index (κ1) is 16.1. The van der Waals surface area contributed by atoms with E-state index in [-0.39, 0.29) is 12.3 Å². The Balaban J connectivity index is 2.16. The van der Waals surface area contributed by atoms with E-state index in [1.54, 1.807) is 18.2 Å². The molecule has 2 rings (SSSR count). The van der Waals surface area contributed by atoms with Crippen molar-refractivity contribution in [3.8, 4) is 5.75 Å². The zero-order chi connectivity index (χ0) is 16.1. The molecule has 0 aliphatic rings. The maximum atomic E-state index is 10.8. The van der Waals surface area contributed by atoms with Crippen LogP contribution in [0.2, 0.25) is 5.02 Å². The lowest BCUT2D eigenvalue weighted by atomic mass is 10.1. The Morgan fingerprint density at radius 2 is 2.05 bits per heavy atom. The molecule has 0 amide bonds. The third kappa shape index (κ3) is 3.66. The number of rotatable bonds is 6. The summed E-state index contributed by atoms with van der Waals surface area (Å²) in [6.07, 6.45) is 0. The molecule has 0 fully saturated rings. The van der Waals surface area contributed by atoms with Gasteiger partial charge in [0.2, 0.25) is 0 Å². The van der Waals surface area contributed by atoms with Gasteiger partial charge in [-0.15, -0.1) is 0 Å². The fourth-order valence-electron chi connectivity index (χ4n) is 2.02. The molecule has 0 saturated carbocycles. The Morgan fingerprint density at radius 3 is 2.68 bits per heavy atom. The number of anilines is 1. The van der Waals surface area contributed by atoms with Gasteiger partial charge in [0, 0.05) is 35.0 Å². The van der Waals surface area contributed by atoms with E-state index in [0.717, 1.165) is 5.69 Å². The Labute approximate surface area is 132 Å². The molecule has 0 aromatic heterocycles. The molecule has 0 heterocycles. The van der Waals surface area contributed by atoms with Crippen molar-refractivity contribution in [3.05, 3.63) is 62.7 Å². The van der Waals surface area contributed by atoms with Gasteiger partial charge in [0.1, 0.15) is 5.75 Å². The summed E-state index contributed by atoms with van der Waals surface area (Å²) in [4.78, 5) is 10.3. The molecule has 2 N–H and O–H groups in total. The van der Waals surface area contributed by atoms with Gasteiger partial charge in [-0.3, -0.25) is 10.1 Å². The van der Waals surface area contributed by atoms with E-state index in [9.17, 15) is 15.2 Å². The second-order valence-electron chi connectivity index (χ2n) is 4.57. The fourth-order valence-corrected chi connectivity index (χ4v) is 2.20. The number of hydrogen-bond acceptors (Lipinski definition) is 5. The monoisotopic (exact) mass is 322 g/mol. The van der Waals surface area contributed by atoms with Gasteiger partial charge >= 0.3 is 0 Å². The van der Waals surface area contributed by atoms with E-state index < -0.39 is 4.92 Å². The molecule has 0 atom stereocenters. The average Bonchev–Trinajstić information content (AvgIpc) is 2.53. The molecule has 0 saturated heterocycles. The SMILES string of the molecule is COc1ccc(NCc2cc([N+](=O)[O-])ccc2Cl)cc1CO. The summed E-state index contributed by atoms with van der Waals surface area (Å²) in [6.45, 7) is 0.188. The zero-order valence-corrected chi connectivity index (χ0v) is 12.6. The van der Waals surface area contributed by atoms with E-state index in [4.69, 9.17) is 16.3 Å². The van der Waals surface area contributed by atoms with Crippen LogP contribution in [0.25, 0.3) is 0 Å². The van der Waals surface area contributed by atoms with Crippen LogP contribution in [0.5, 0.6) is 5.75 Å². The van der Waals surface area contributed by atoms with Gasteiger partial charge in [-0.25, -0.2) is 0 Å². The minimum atomic E-state index is -0.461. The Bertz CT molecular complexity index is 691. The van der Waals surface area contributed by atoms with Gasteiger partial charge in [-0.05, 0) is 29.8 Å². The number of hydrogen-bond donors (Lipinski definition) is 2.